The van der Waals surface area contributed by atoms with Gasteiger partial charge in [-0.05, 0) is 47.6 Å². The molecule has 2 aromatic rings. The molecule has 1 saturated heterocycles. The number of hydrogen-bond acceptors (Lipinski definition) is 4. The lowest BCUT2D eigenvalue weighted by Gasteiger charge is -2.32. The average Bonchev–Trinajstić information content (AvgIpc) is 2.63. The van der Waals surface area contributed by atoms with E-state index < -0.39 is 6.10 Å². The second-order valence-electron chi connectivity index (χ2n) is 6.43. The molecule has 1 fully saturated rings. The zero-order chi connectivity index (χ0) is 17.8. The first-order chi connectivity index (χ1) is 12.1. The highest BCUT2D eigenvalue weighted by atomic mass is 35.5. The number of benzene rings is 2. The normalized spacial score (nSPS) is 23.6. The molecular weight excluding hydrogens is 356 g/mol. The summed E-state index contributed by atoms with van der Waals surface area (Å²) in [5, 5.41) is 20.1. The third-order valence-corrected chi connectivity index (χ3v) is 5.69. The highest BCUT2D eigenvalue weighted by molar-refractivity contribution is 7.98. The van der Waals surface area contributed by atoms with E-state index in [0.717, 1.165) is 22.6 Å². The van der Waals surface area contributed by atoms with Gasteiger partial charge in [0, 0.05) is 22.8 Å². The van der Waals surface area contributed by atoms with Crippen molar-refractivity contribution in [3.63, 3.8) is 0 Å². The van der Waals surface area contributed by atoms with Gasteiger partial charge < -0.3 is 14.9 Å². The van der Waals surface area contributed by atoms with E-state index in [4.69, 9.17) is 16.3 Å². The summed E-state index contributed by atoms with van der Waals surface area (Å²) in [6, 6.07) is 14.4. The van der Waals surface area contributed by atoms with Crippen molar-refractivity contribution in [1.82, 2.24) is 0 Å². The van der Waals surface area contributed by atoms with Gasteiger partial charge in [0.15, 0.2) is 0 Å². The summed E-state index contributed by atoms with van der Waals surface area (Å²) in [6.07, 6.45) is 2.86. The fraction of sp³-hybridized carbons (Fsp3) is 0.400. The average molecular weight is 379 g/mol. The van der Waals surface area contributed by atoms with E-state index in [1.807, 2.05) is 12.1 Å². The molecule has 2 N–H and O–H groups in total. The van der Waals surface area contributed by atoms with Gasteiger partial charge in [-0.1, -0.05) is 35.9 Å². The van der Waals surface area contributed by atoms with Crippen molar-refractivity contribution in [2.75, 3.05) is 12.9 Å². The van der Waals surface area contributed by atoms with Gasteiger partial charge >= 0.3 is 0 Å². The number of aliphatic hydroxyl groups is 2. The van der Waals surface area contributed by atoms with Gasteiger partial charge in [0.05, 0.1) is 24.9 Å². The molecule has 0 bridgehead atoms. The lowest BCUT2D eigenvalue weighted by atomic mass is 9.94. The van der Waals surface area contributed by atoms with Crippen LogP contribution in [0.4, 0.5) is 0 Å². The molecule has 1 aliphatic rings. The van der Waals surface area contributed by atoms with Gasteiger partial charge in [0.25, 0.3) is 0 Å². The predicted octanol–water partition coefficient (Wildman–Crippen LogP) is 4.23. The summed E-state index contributed by atoms with van der Waals surface area (Å²) in [5.74, 6) is 0. The second kappa shape index (κ2) is 8.56. The van der Waals surface area contributed by atoms with E-state index in [1.165, 1.54) is 10.5 Å². The summed E-state index contributed by atoms with van der Waals surface area (Å²) >= 11 is 8.12. The second-order valence-corrected chi connectivity index (χ2v) is 7.72. The van der Waals surface area contributed by atoms with Crippen LogP contribution in [0.1, 0.15) is 35.6 Å². The Hall–Kier alpha value is -1.04. The van der Waals surface area contributed by atoms with Crippen molar-refractivity contribution in [1.29, 1.82) is 0 Å². The molecule has 0 amide bonds. The molecule has 3 nitrogen and oxygen atoms in total. The SMILES string of the molecule is CSc1ccc(Cc2cc(C3C[C@@H](O)CC(CO)O3)ccc2Cl)cc1. The molecule has 3 atom stereocenters. The number of halogens is 1. The van der Waals surface area contributed by atoms with Crippen LogP contribution in [0.2, 0.25) is 5.02 Å². The maximum atomic E-state index is 10.0. The molecule has 1 aliphatic heterocycles. The number of ether oxygens (including phenoxy) is 1. The smallest absolute Gasteiger partial charge is 0.0854 e. The Labute approximate surface area is 158 Å². The number of aliphatic hydroxyl groups excluding tert-OH is 2. The molecule has 0 aliphatic carbocycles. The lowest BCUT2D eigenvalue weighted by Crippen LogP contribution is -2.33. The van der Waals surface area contributed by atoms with Gasteiger partial charge in [-0.15, -0.1) is 11.8 Å². The van der Waals surface area contributed by atoms with Gasteiger partial charge in [-0.3, -0.25) is 0 Å². The highest BCUT2D eigenvalue weighted by Crippen LogP contribution is 2.33. The van der Waals surface area contributed by atoms with Gasteiger partial charge in [0.1, 0.15) is 0 Å². The molecule has 0 spiro atoms. The first-order valence-corrected chi connectivity index (χ1v) is 10.0. The van der Waals surface area contributed by atoms with Crippen LogP contribution < -0.4 is 0 Å². The summed E-state index contributed by atoms with van der Waals surface area (Å²) in [7, 11) is 0. The van der Waals surface area contributed by atoms with Crippen LogP contribution >= 0.6 is 23.4 Å². The molecular formula is C20H23ClO3S. The summed E-state index contributed by atoms with van der Waals surface area (Å²) < 4.78 is 5.91. The standard InChI is InChI=1S/C20H23ClO3S/c1-25-18-5-2-13(3-6-18)8-15-9-14(4-7-19(15)21)20-11-16(23)10-17(12-22)24-20/h2-7,9,16-17,20,22-23H,8,10-12H2,1H3/t16-,17?,20?/m0/s1. The molecule has 2 aromatic carbocycles. The zero-order valence-corrected chi connectivity index (χ0v) is 15.8. The Kier molecular flexibility index (Phi) is 6.42. The minimum atomic E-state index is -0.450. The molecule has 0 radical (unpaired) electrons. The fourth-order valence-electron chi connectivity index (χ4n) is 3.22. The Morgan fingerprint density at radius 1 is 1.16 bits per heavy atom. The quantitative estimate of drug-likeness (QED) is 0.764. The van der Waals surface area contributed by atoms with E-state index in [9.17, 15) is 10.2 Å². The minimum absolute atomic E-state index is 0.0736. The molecule has 134 valence electrons. The number of thioether (sulfide) groups is 1. The van der Waals surface area contributed by atoms with Crippen molar-refractivity contribution in [3.8, 4) is 0 Å². The van der Waals surface area contributed by atoms with E-state index >= 15 is 0 Å². The van der Waals surface area contributed by atoms with Crippen LogP contribution in [-0.4, -0.2) is 35.3 Å². The highest BCUT2D eigenvalue weighted by Gasteiger charge is 2.29. The van der Waals surface area contributed by atoms with Crippen molar-refractivity contribution in [2.45, 2.75) is 42.5 Å². The van der Waals surface area contributed by atoms with Gasteiger partial charge in [-0.2, -0.15) is 0 Å². The fourth-order valence-corrected chi connectivity index (χ4v) is 3.81. The van der Waals surface area contributed by atoms with E-state index in [2.05, 4.69) is 36.6 Å². The molecule has 1 heterocycles. The molecule has 25 heavy (non-hydrogen) atoms. The van der Waals surface area contributed by atoms with Gasteiger partial charge in [-0.25, -0.2) is 0 Å². The topological polar surface area (TPSA) is 49.7 Å². The van der Waals surface area contributed by atoms with Crippen LogP contribution in [0.3, 0.4) is 0 Å². The summed E-state index contributed by atoms with van der Waals surface area (Å²) in [6.45, 7) is -0.0736. The summed E-state index contributed by atoms with van der Waals surface area (Å²) in [5.41, 5.74) is 3.24. The largest absolute Gasteiger partial charge is 0.394 e. The van der Waals surface area contributed by atoms with Crippen LogP contribution in [0.15, 0.2) is 47.4 Å². The van der Waals surface area contributed by atoms with E-state index in [1.54, 1.807) is 11.8 Å². The van der Waals surface area contributed by atoms with Crippen LogP contribution in [-0.2, 0) is 11.2 Å². The van der Waals surface area contributed by atoms with Crippen molar-refractivity contribution in [2.24, 2.45) is 0 Å². The minimum Gasteiger partial charge on any atom is -0.394 e. The number of hydrogen-bond donors (Lipinski definition) is 2. The molecule has 0 saturated carbocycles. The molecule has 0 aromatic heterocycles. The first-order valence-electron chi connectivity index (χ1n) is 8.44. The van der Waals surface area contributed by atoms with E-state index in [0.29, 0.717) is 12.8 Å². The Morgan fingerprint density at radius 3 is 2.60 bits per heavy atom. The zero-order valence-electron chi connectivity index (χ0n) is 14.2. The maximum Gasteiger partial charge on any atom is 0.0854 e. The summed E-state index contributed by atoms with van der Waals surface area (Å²) in [4.78, 5) is 1.24. The third-order valence-electron chi connectivity index (χ3n) is 4.58. The Bertz CT molecular complexity index is 705. The maximum absolute atomic E-state index is 10.0. The predicted molar refractivity (Wildman–Crippen MR) is 102 cm³/mol. The lowest BCUT2D eigenvalue weighted by molar-refractivity contribution is -0.113. The van der Waals surface area contributed by atoms with Gasteiger partial charge in [0.2, 0.25) is 0 Å². The molecule has 3 rings (SSSR count). The Balaban J connectivity index is 1.79. The van der Waals surface area contributed by atoms with Crippen LogP contribution in [0, 0.1) is 0 Å². The third kappa shape index (κ3) is 4.78. The van der Waals surface area contributed by atoms with Crippen LogP contribution in [0.25, 0.3) is 0 Å². The number of rotatable bonds is 5. The Morgan fingerprint density at radius 2 is 1.92 bits per heavy atom. The van der Waals surface area contributed by atoms with Crippen molar-refractivity contribution in [3.05, 3.63) is 64.2 Å². The monoisotopic (exact) mass is 378 g/mol. The molecule has 2 unspecified atom stereocenters. The van der Waals surface area contributed by atoms with Crippen molar-refractivity contribution < 1.29 is 14.9 Å². The van der Waals surface area contributed by atoms with Crippen molar-refractivity contribution >= 4 is 23.4 Å². The first kappa shape index (κ1) is 18.7. The molecule has 5 heteroatoms. The van der Waals surface area contributed by atoms with Crippen LogP contribution in [0.5, 0.6) is 0 Å². The van der Waals surface area contributed by atoms with E-state index in [-0.39, 0.29) is 18.8 Å².